The van der Waals surface area contributed by atoms with Gasteiger partial charge in [-0.2, -0.15) is 0 Å². The molecule has 5 heteroatoms. The molecule has 0 aliphatic rings. The van der Waals surface area contributed by atoms with Crippen LogP contribution in [0.25, 0.3) is 22.4 Å². The van der Waals surface area contributed by atoms with Gasteiger partial charge in [-0.25, -0.2) is 9.97 Å². The molecule has 3 aromatic rings. The maximum atomic E-state index is 11.8. The summed E-state index contributed by atoms with van der Waals surface area (Å²) < 4.78 is 0. The third-order valence-electron chi connectivity index (χ3n) is 3.35. The van der Waals surface area contributed by atoms with Gasteiger partial charge in [0.25, 0.3) is 5.56 Å². The number of nitrogens with zero attached hydrogens (tertiary/aromatic N) is 2. The molecule has 0 saturated heterocycles. The summed E-state index contributed by atoms with van der Waals surface area (Å²) in [6.07, 6.45) is 0. The molecular formula is C15H14N4O. The Balaban J connectivity index is 2.27. The predicted molar refractivity (Wildman–Crippen MR) is 79.5 cm³/mol. The number of hydrogen-bond donors (Lipinski definition) is 2. The number of aryl methyl sites for hydroxylation is 1. The average Bonchev–Trinajstić information content (AvgIpc) is 2.44. The number of nitrogen functional groups attached to an aromatic ring is 1. The van der Waals surface area contributed by atoms with Gasteiger partial charge in [-0.15, -0.1) is 0 Å². The number of para-hydroxylation sites is 1. The number of fused-ring (bicyclic) bond motifs is 1. The summed E-state index contributed by atoms with van der Waals surface area (Å²) in [5.41, 5.74) is 8.49. The van der Waals surface area contributed by atoms with E-state index in [4.69, 9.17) is 5.73 Å². The second kappa shape index (κ2) is 4.45. The largest absolute Gasteiger partial charge is 0.383 e. The predicted octanol–water partition coefficient (Wildman–Crippen LogP) is 2.18. The highest BCUT2D eigenvalue weighted by atomic mass is 16.1. The van der Waals surface area contributed by atoms with Crippen molar-refractivity contribution in [2.45, 2.75) is 13.8 Å². The highest BCUT2D eigenvalue weighted by molar-refractivity contribution is 5.84. The summed E-state index contributed by atoms with van der Waals surface area (Å²) >= 11 is 0. The van der Waals surface area contributed by atoms with Crippen LogP contribution < -0.4 is 11.3 Å². The SMILES string of the molecule is Cc1c(N)nc(-c2cc(C)c3ccccc3n2)[nH]c1=O. The number of H-pyrrole nitrogens is 1. The van der Waals surface area contributed by atoms with Crippen molar-refractivity contribution in [2.24, 2.45) is 0 Å². The fourth-order valence-corrected chi connectivity index (χ4v) is 2.14. The van der Waals surface area contributed by atoms with Gasteiger partial charge in [-0.05, 0) is 31.5 Å². The normalized spacial score (nSPS) is 10.9. The molecule has 0 radical (unpaired) electrons. The number of anilines is 1. The molecule has 0 atom stereocenters. The minimum Gasteiger partial charge on any atom is -0.383 e. The quantitative estimate of drug-likeness (QED) is 0.707. The molecular weight excluding hydrogens is 252 g/mol. The molecule has 0 amide bonds. The Hall–Kier alpha value is -2.69. The standard InChI is InChI=1S/C15H14N4O/c1-8-7-12(17-11-6-4-3-5-10(8)11)14-18-13(16)9(2)15(20)19-14/h3-7H,1-2H3,(H3,16,18,19,20). The number of aromatic amines is 1. The minimum absolute atomic E-state index is 0.233. The van der Waals surface area contributed by atoms with Crippen LogP contribution in [0.5, 0.6) is 0 Å². The molecule has 0 aliphatic carbocycles. The molecule has 3 N–H and O–H groups in total. The maximum absolute atomic E-state index is 11.8. The van der Waals surface area contributed by atoms with E-state index >= 15 is 0 Å². The monoisotopic (exact) mass is 266 g/mol. The average molecular weight is 266 g/mol. The number of rotatable bonds is 1. The van der Waals surface area contributed by atoms with Crippen molar-refractivity contribution >= 4 is 16.7 Å². The van der Waals surface area contributed by atoms with Gasteiger partial charge in [0.1, 0.15) is 11.5 Å². The van der Waals surface area contributed by atoms with Crippen LogP contribution in [0.2, 0.25) is 0 Å². The molecule has 0 aliphatic heterocycles. The summed E-state index contributed by atoms with van der Waals surface area (Å²) in [7, 11) is 0. The lowest BCUT2D eigenvalue weighted by Crippen LogP contribution is -2.15. The smallest absolute Gasteiger partial charge is 0.256 e. The van der Waals surface area contributed by atoms with Crippen LogP contribution in [0, 0.1) is 13.8 Å². The molecule has 0 bridgehead atoms. The Kier molecular flexibility index (Phi) is 2.75. The molecule has 100 valence electrons. The van der Waals surface area contributed by atoms with E-state index in [1.165, 1.54) is 0 Å². The molecule has 0 spiro atoms. The van der Waals surface area contributed by atoms with E-state index in [1.807, 2.05) is 37.3 Å². The van der Waals surface area contributed by atoms with Crippen molar-refractivity contribution in [3.63, 3.8) is 0 Å². The van der Waals surface area contributed by atoms with E-state index < -0.39 is 0 Å². The fourth-order valence-electron chi connectivity index (χ4n) is 2.14. The number of hydrogen-bond acceptors (Lipinski definition) is 4. The van der Waals surface area contributed by atoms with Crippen LogP contribution in [0.3, 0.4) is 0 Å². The van der Waals surface area contributed by atoms with Crippen molar-refractivity contribution in [2.75, 3.05) is 5.73 Å². The summed E-state index contributed by atoms with van der Waals surface area (Å²) in [4.78, 5) is 23.2. The zero-order valence-corrected chi connectivity index (χ0v) is 11.3. The second-order valence-corrected chi connectivity index (χ2v) is 4.77. The highest BCUT2D eigenvalue weighted by Crippen LogP contribution is 2.22. The number of aromatic nitrogens is 3. The van der Waals surface area contributed by atoms with E-state index in [1.54, 1.807) is 6.92 Å². The van der Waals surface area contributed by atoms with Crippen LogP contribution in [0.1, 0.15) is 11.1 Å². The van der Waals surface area contributed by atoms with Crippen molar-refractivity contribution in [1.29, 1.82) is 0 Å². The summed E-state index contributed by atoms with van der Waals surface area (Å²) in [6.45, 7) is 3.65. The van der Waals surface area contributed by atoms with Gasteiger partial charge < -0.3 is 10.7 Å². The lowest BCUT2D eigenvalue weighted by Gasteiger charge is -2.07. The van der Waals surface area contributed by atoms with E-state index in [0.29, 0.717) is 17.1 Å². The topological polar surface area (TPSA) is 84.7 Å². The van der Waals surface area contributed by atoms with E-state index in [2.05, 4.69) is 15.0 Å². The van der Waals surface area contributed by atoms with Gasteiger partial charge in [0, 0.05) is 5.39 Å². The molecule has 0 saturated carbocycles. The Labute approximate surface area is 115 Å². The van der Waals surface area contributed by atoms with Gasteiger partial charge in [-0.1, -0.05) is 18.2 Å². The van der Waals surface area contributed by atoms with Crippen molar-refractivity contribution < 1.29 is 0 Å². The lowest BCUT2D eigenvalue weighted by molar-refractivity contribution is 1.08. The van der Waals surface area contributed by atoms with Crippen molar-refractivity contribution in [1.82, 2.24) is 15.0 Å². The Morgan fingerprint density at radius 1 is 1.15 bits per heavy atom. The third-order valence-corrected chi connectivity index (χ3v) is 3.35. The lowest BCUT2D eigenvalue weighted by atomic mass is 10.1. The number of benzene rings is 1. The zero-order chi connectivity index (χ0) is 14.3. The first-order valence-corrected chi connectivity index (χ1v) is 6.29. The van der Waals surface area contributed by atoms with E-state index in [0.717, 1.165) is 16.5 Å². The number of nitrogens with two attached hydrogens (primary N) is 1. The summed E-state index contributed by atoms with van der Waals surface area (Å²) in [5, 5.41) is 1.08. The van der Waals surface area contributed by atoms with Crippen molar-refractivity contribution in [3.8, 4) is 11.5 Å². The fraction of sp³-hybridized carbons (Fsp3) is 0.133. The second-order valence-electron chi connectivity index (χ2n) is 4.77. The van der Waals surface area contributed by atoms with Gasteiger partial charge in [0.05, 0.1) is 11.1 Å². The summed E-state index contributed by atoms with van der Waals surface area (Å²) in [6, 6.07) is 9.75. The molecule has 5 nitrogen and oxygen atoms in total. The van der Waals surface area contributed by atoms with Crippen LogP contribution >= 0.6 is 0 Å². The third kappa shape index (κ3) is 1.93. The van der Waals surface area contributed by atoms with Crippen LogP contribution in [-0.4, -0.2) is 15.0 Å². The molecule has 2 heterocycles. The first-order valence-electron chi connectivity index (χ1n) is 6.29. The highest BCUT2D eigenvalue weighted by Gasteiger charge is 2.09. The Morgan fingerprint density at radius 3 is 2.65 bits per heavy atom. The molecule has 2 aromatic heterocycles. The molecule has 3 rings (SSSR count). The van der Waals surface area contributed by atoms with Crippen LogP contribution in [0.4, 0.5) is 5.82 Å². The first kappa shape index (κ1) is 12.3. The Morgan fingerprint density at radius 2 is 1.90 bits per heavy atom. The Bertz CT molecular complexity index is 867. The maximum Gasteiger partial charge on any atom is 0.256 e. The van der Waals surface area contributed by atoms with Gasteiger partial charge in [0.2, 0.25) is 0 Å². The van der Waals surface area contributed by atoms with Gasteiger partial charge in [-0.3, -0.25) is 4.79 Å². The van der Waals surface area contributed by atoms with E-state index in [-0.39, 0.29) is 11.4 Å². The summed E-state index contributed by atoms with van der Waals surface area (Å²) in [5.74, 6) is 0.628. The number of pyridine rings is 1. The number of nitrogens with one attached hydrogen (secondary N) is 1. The van der Waals surface area contributed by atoms with Gasteiger partial charge in [0.15, 0.2) is 5.82 Å². The van der Waals surface area contributed by atoms with Crippen LogP contribution in [0.15, 0.2) is 35.1 Å². The van der Waals surface area contributed by atoms with Crippen LogP contribution in [-0.2, 0) is 0 Å². The molecule has 20 heavy (non-hydrogen) atoms. The first-order chi connectivity index (χ1) is 9.56. The minimum atomic E-state index is -0.236. The molecule has 0 fully saturated rings. The molecule has 0 unspecified atom stereocenters. The van der Waals surface area contributed by atoms with Crippen molar-refractivity contribution in [3.05, 3.63) is 51.8 Å². The zero-order valence-electron chi connectivity index (χ0n) is 11.3. The van der Waals surface area contributed by atoms with Gasteiger partial charge >= 0.3 is 0 Å². The van der Waals surface area contributed by atoms with E-state index in [9.17, 15) is 4.79 Å². The molecule has 1 aromatic carbocycles.